The second kappa shape index (κ2) is 7.53. The molecule has 3 N–H and O–H groups in total. The van der Waals surface area contributed by atoms with Crippen molar-refractivity contribution < 1.29 is 9.59 Å². The predicted molar refractivity (Wildman–Crippen MR) is 80.8 cm³/mol. The maximum Gasteiger partial charge on any atom is 0.251 e. The summed E-state index contributed by atoms with van der Waals surface area (Å²) in [6.07, 6.45) is 0. The van der Waals surface area contributed by atoms with Crippen molar-refractivity contribution in [3.8, 4) is 0 Å². The fraction of sp³-hybridized carbons (Fsp3) is 0.467. The van der Waals surface area contributed by atoms with Gasteiger partial charge in [-0.1, -0.05) is 6.07 Å². The molecule has 2 amide bonds. The zero-order chi connectivity index (χ0) is 15.1. The lowest BCUT2D eigenvalue weighted by atomic mass is 10.1. The molecule has 0 radical (unpaired) electrons. The molecule has 0 aliphatic heterocycles. The summed E-state index contributed by atoms with van der Waals surface area (Å²) in [6, 6.07) is 7.31. The van der Waals surface area contributed by atoms with Gasteiger partial charge in [-0.15, -0.1) is 0 Å². The van der Waals surface area contributed by atoms with E-state index in [1.54, 1.807) is 18.2 Å². The number of hydrogen-bond donors (Lipinski definition) is 3. The van der Waals surface area contributed by atoms with Crippen molar-refractivity contribution in [2.24, 2.45) is 0 Å². The van der Waals surface area contributed by atoms with Crippen LogP contribution in [0.1, 0.15) is 38.1 Å². The van der Waals surface area contributed by atoms with Crippen molar-refractivity contribution in [3.63, 3.8) is 0 Å². The van der Waals surface area contributed by atoms with Gasteiger partial charge in [0.25, 0.3) is 5.91 Å². The first-order chi connectivity index (χ1) is 9.38. The number of hydrogen-bond acceptors (Lipinski definition) is 3. The smallest absolute Gasteiger partial charge is 0.251 e. The van der Waals surface area contributed by atoms with Crippen molar-refractivity contribution in [2.75, 3.05) is 11.9 Å². The summed E-state index contributed by atoms with van der Waals surface area (Å²) in [5.41, 5.74) is 1.33. The minimum absolute atomic E-state index is 0.0722. The van der Waals surface area contributed by atoms with Gasteiger partial charge in [-0.3, -0.25) is 9.59 Å². The highest BCUT2D eigenvalue weighted by atomic mass is 16.2. The van der Waals surface area contributed by atoms with Gasteiger partial charge in [0.2, 0.25) is 5.91 Å². The molecule has 20 heavy (non-hydrogen) atoms. The molecule has 1 rings (SSSR count). The van der Waals surface area contributed by atoms with E-state index in [0.29, 0.717) is 5.56 Å². The summed E-state index contributed by atoms with van der Waals surface area (Å²) in [6.45, 7) is 7.84. The Bertz CT molecular complexity index is 470. The number of nitrogens with one attached hydrogen (secondary N) is 3. The Morgan fingerprint density at radius 2 is 1.70 bits per heavy atom. The predicted octanol–water partition coefficient (Wildman–Crippen LogP) is 1.76. The van der Waals surface area contributed by atoms with Crippen LogP contribution < -0.4 is 16.0 Å². The Morgan fingerprint density at radius 3 is 2.30 bits per heavy atom. The highest BCUT2D eigenvalue weighted by molar-refractivity contribution is 5.95. The largest absolute Gasteiger partial charge is 0.376 e. The normalized spacial score (nSPS) is 10.5. The van der Waals surface area contributed by atoms with Gasteiger partial charge < -0.3 is 16.0 Å². The van der Waals surface area contributed by atoms with E-state index >= 15 is 0 Å². The minimum atomic E-state index is -0.115. The molecular formula is C15H23N3O2. The Morgan fingerprint density at radius 1 is 1.05 bits per heavy atom. The lowest BCUT2D eigenvalue weighted by molar-refractivity contribution is -0.119. The van der Waals surface area contributed by atoms with Crippen molar-refractivity contribution >= 4 is 17.5 Å². The average Bonchev–Trinajstić information content (AvgIpc) is 2.35. The van der Waals surface area contributed by atoms with Crippen LogP contribution >= 0.6 is 0 Å². The zero-order valence-corrected chi connectivity index (χ0v) is 12.5. The van der Waals surface area contributed by atoms with Gasteiger partial charge in [0.05, 0.1) is 6.54 Å². The second-order valence-electron chi connectivity index (χ2n) is 5.28. The molecule has 110 valence electrons. The molecule has 0 fully saturated rings. The van der Waals surface area contributed by atoms with Gasteiger partial charge in [0.15, 0.2) is 0 Å². The molecule has 0 bridgehead atoms. The number of benzene rings is 1. The highest BCUT2D eigenvalue weighted by Crippen LogP contribution is 2.10. The fourth-order valence-corrected chi connectivity index (χ4v) is 1.67. The number of anilines is 1. The SMILES string of the molecule is CC(C)NC(=O)CNc1cccc(C(=O)NC(C)C)c1. The first-order valence-corrected chi connectivity index (χ1v) is 6.82. The zero-order valence-electron chi connectivity index (χ0n) is 12.5. The van der Waals surface area contributed by atoms with Crippen LogP contribution in [0.4, 0.5) is 5.69 Å². The average molecular weight is 277 g/mol. The third-order valence-electron chi connectivity index (χ3n) is 2.45. The van der Waals surface area contributed by atoms with Crippen LogP contribution in [-0.4, -0.2) is 30.4 Å². The van der Waals surface area contributed by atoms with Gasteiger partial charge in [0, 0.05) is 23.3 Å². The molecule has 0 spiro atoms. The van der Waals surface area contributed by atoms with E-state index in [9.17, 15) is 9.59 Å². The molecule has 5 heteroatoms. The summed E-state index contributed by atoms with van der Waals surface area (Å²) in [4.78, 5) is 23.4. The van der Waals surface area contributed by atoms with Crippen molar-refractivity contribution in [3.05, 3.63) is 29.8 Å². The first kappa shape index (κ1) is 16.0. The van der Waals surface area contributed by atoms with E-state index in [1.807, 2.05) is 33.8 Å². The quantitative estimate of drug-likeness (QED) is 0.742. The monoisotopic (exact) mass is 277 g/mol. The van der Waals surface area contributed by atoms with Gasteiger partial charge in [0.1, 0.15) is 0 Å². The van der Waals surface area contributed by atoms with Gasteiger partial charge in [-0.2, -0.15) is 0 Å². The van der Waals surface area contributed by atoms with Crippen LogP contribution in [0, 0.1) is 0 Å². The van der Waals surface area contributed by atoms with Gasteiger partial charge in [-0.05, 0) is 45.9 Å². The van der Waals surface area contributed by atoms with E-state index in [4.69, 9.17) is 0 Å². The Hall–Kier alpha value is -2.04. The van der Waals surface area contributed by atoms with Crippen LogP contribution in [0.25, 0.3) is 0 Å². The summed E-state index contributed by atoms with van der Waals surface area (Å²) in [5, 5.41) is 8.63. The summed E-state index contributed by atoms with van der Waals surface area (Å²) in [5.74, 6) is -0.188. The van der Waals surface area contributed by atoms with Crippen molar-refractivity contribution in [1.82, 2.24) is 10.6 Å². The number of rotatable bonds is 6. The number of amides is 2. The molecule has 0 saturated heterocycles. The maximum absolute atomic E-state index is 11.9. The van der Waals surface area contributed by atoms with E-state index in [2.05, 4.69) is 16.0 Å². The molecule has 0 aliphatic carbocycles. The highest BCUT2D eigenvalue weighted by Gasteiger charge is 2.08. The van der Waals surface area contributed by atoms with Crippen molar-refractivity contribution in [2.45, 2.75) is 39.8 Å². The standard InChI is InChI=1S/C15H23N3O2/c1-10(2)17-14(19)9-16-13-7-5-6-12(8-13)15(20)18-11(3)4/h5-8,10-11,16H,9H2,1-4H3,(H,17,19)(H,18,20). The molecule has 1 aromatic rings. The third-order valence-corrected chi connectivity index (χ3v) is 2.45. The molecule has 1 aromatic carbocycles. The topological polar surface area (TPSA) is 70.2 Å². The summed E-state index contributed by atoms with van der Waals surface area (Å²) in [7, 11) is 0. The van der Waals surface area contributed by atoms with Crippen LogP contribution in [0.3, 0.4) is 0 Å². The Balaban J connectivity index is 2.60. The summed E-state index contributed by atoms with van der Waals surface area (Å²) >= 11 is 0. The fourth-order valence-electron chi connectivity index (χ4n) is 1.67. The first-order valence-electron chi connectivity index (χ1n) is 6.82. The number of carbonyl (C=O) groups excluding carboxylic acids is 2. The van der Waals surface area contributed by atoms with Crippen molar-refractivity contribution in [1.29, 1.82) is 0 Å². The van der Waals surface area contributed by atoms with E-state index in [-0.39, 0.29) is 30.4 Å². The third kappa shape index (κ3) is 5.73. The lowest BCUT2D eigenvalue weighted by Crippen LogP contribution is -2.34. The molecular weight excluding hydrogens is 254 g/mol. The van der Waals surface area contributed by atoms with Crippen LogP contribution in [0.2, 0.25) is 0 Å². The lowest BCUT2D eigenvalue weighted by Gasteiger charge is -2.12. The molecule has 0 heterocycles. The van der Waals surface area contributed by atoms with E-state index in [0.717, 1.165) is 5.69 Å². The summed E-state index contributed by atoms with van der Waals surface area (Å²) < 4.78 is 0. The van der Waals surface area contributed by atoms with E-state index in [1.165, 1.54) is 0 Å². The van der Waals surface area contributed by atoms with Crippen LogP contribution in [0.5, 0.6) is 0 Å². The molecule has 0 aromatic heterocycles. The Labute approximate surface area is 120 Å². The molecule has 0 aliphatic rings. The van der Waals surface area contributed by atoms with Gasteiger partial charge >= 0.3 is 0 Å². The minimum Gasteiger partial charge on any atom is -0.376 e. The molecule has 5 nitrogen and oxygen atoms in total. The van der Waals surface area contributed by atoms with Crippen LogP contribution in [-0.2, 0) is 4.79 Å². The molecule has 0 atom stereocenters. The Kier molecular flexibility index (Phi) is 6.03. The van der Waals surface area contributed by atoms with E-state index < -0.39 is 0 Å². The molecule has 0 saturated carbocycles. The van der Waals surface area contributed by atoms with Gasteiger partial charge in [-0.25, -0.2) is 0 Å². The maximum atomic E-state index is 11.9. The van der Waals surface area contributed by atoms with Crippen LogP contribution in [0.15, 0.2) is 24.3 Å². The molecule has 0 unspecified atom stereocenters. The second-order valence-corrected chi connectivity index (χ2v) is 5.28. The number of carbonyl (C=O) groups is 2.